The number of nitrogens with zero attached hydrogens (tertiary/aromatic N) is 2. The van der Waals surface area contributed by atoms with Gasteiger partial charge in [-0.1, -0.05) is 13.8 Å². The van der Waals surface area contributed by atoms with E-state index in [0.717, 1.165) is 6.07 Å². The molecule has 120 valence electrons. The molecule has 0 bridgehead atoms. The lowest BCUT2D eigenvalue weighted by molar-refractivity contribution is -0.659. The van der Waals surface area contributed by atoms with Crippen LogP contribution < -0.4 is 4.57 Å². The number of rotatable bonds is 5. The van der Waals surface area contributed by atoms with Gasteiger partial charge in [0, 0.05) is 11.5 Å². The predicted octanol–water partition coefficient (Wildman–Crippen LogP) is 3.91. The molecule has 0 aliphatic heterocycles. The van der Waals surface area contributed by atoms with E-state index in [9.17, 15) is 13.2 Å². The molecule has 0 fully saturated rings. The minimum absolute atomic E-state index is 0.276. The summed E-state index contributed by atoms with van der Waals surface area (Å²) in [5.41, 5.74) is -0.273. The number of hydrogen-bond acceptors (Lipinski definition) is 0. The minimum atomic E-state index is -0.923. The molecule has 2 aromatic rings. The Kier molecular flexibility index (Phi) is 4.63. The first-order valence-corrected chi connectivity index (χ1v) is 7.48. The Balaban J connectivity index is 2.83. The van der Waals surface area contributed by atoms with Crippen LogP contribution in [0, 0.1) is 11.6 Å². The molecule has 1 aromatic carbocycles. The molecule has 1 aromatic heterocycles. The highest BCUT2D eigenvalue weighted by Gasteiger charge is 2.34. The van der Waals surface area contributed by atoms with E-state index in [2.05, 4.69) is 0 Å². The summed E-state index contributed by atoms with van der Waals surface area (Å²) in [4.78, 5) is 0. The second-order valence-corrected chi connectivity index (χ2v) is 5.88. The number of benzene rings is 1. The Hall–Kier alpha value is -1.78. The van der Waals surface area contributed by atoms with E-state index >= 15 is 0 Å². The van der Waals surface area contributed by atoms with Gasteiger partial charge in [-0.2, -0.15) is 0 Å². The first-order chi connectivity index (χ1) is 10.4. The maximum Gasteiger partial charge on any atom is 0.291 e. The highest BCUT2D eigenvalue weighted by molar-refractivity contribution is 5.62. The molecule has 1 heterocycles. The third-order valence-electron chi connectivity index (χ3n) is 4.42. The maximum absolute atomic E-state index is 14.6. The maximum atomic E-state index is 14.6. The molecule has 0 amide bonds. The highest BCUT2D eigenvalue weighted by atomic mass is 19.1. The molecule has 2 nitrogen and oxygen atoms in total. The Morgan fingerprint density at radius 3 is 2.45 bits per heavy atom. The summed E-state index contributed by atoms with van der Waals surface area (Å²) in [6.07, 6.45) is 4.10. The number of aromatic nitrogens is 2. The van der Waals surface area contributed by atoms with Crippen LogP contribution in [-0.2, 0) is 19.0 Å². The number of imidazole rings is 1. The van der Waals surface area contributed by atoms with Gasteiger partial charge in [0.15, 0.2) is 0 Å². The number of halogens is 3. The van der Waals surface area contributed by atoms with E-state index in [1.165, 1.54) is 6.07 Å². The smallest absolute Gasteiger partial charge is 0.250 e. The molecule has 0 aliphatic carbocycles. The van der Waals surface area contributed by atoms with E-state index in [1.807, 2.05) is 30.8 Å². The summed E-state index contributed by atoms with van der Waals surface area (Å²) in [6.45, 7) is 5.44. The first kappa shape index (κ1) is 16.6. The molecule has 1 unspecified atom stereocenters. The SMILES string of the molecule is CCn1cc[n+](C)c1-c1c(F)cc(F)cc1C(C)(CC)CF. The fourth-order valence-electron chi connectivity index (χ4n) is 2.73. The number of hydrogen-bond donors (Lipinski definition) is 0. The van der Waals surface area contributed by atoms with Crippen LogP contribution in [0.15, 0.2) is 24.5 Å². The van der Waals surface area contributed by atoms with Crippen molar-refractivity contribution in [3.63, 3.8) is 0 Å². The summed E-state index contributed by atoms with van der Waals surface area (Å²) in [5.74, 6) is -0.725. The number of aryl methyl sites for hydroxylation is 2. The van der Waals surface area contributed by atoms with Gasteiger partial charge >= 0.3 is 0 Å². The summed E-state index contributed by atoms with van der Waals surface area (Å²) in [5, 5.41) is 0. The second kappa shape index (κ2) is 6.15. The van der Waals surface area contributed by atoms with Crippen molar-refractivity contribution >= 4 is 0 Å². The van der Waals surface area contributed by atoms with Gasteiger partial charge in [-0.3, -0.25) is 4.39 Å². The van der Waals surface area contributed by atoms with Crippen molar-refractivity contribution in [2.24, 2.45) is 7.05 Å². The van der Waals surface area contributed by atoms with Crippen molar-refractivity contribution in [3.8, 4) is 11.4 Å². The van der Waals surface area contributed by atoms with Gasteiger partial charge in [0.25, 0.3) is 5.82 Å². The average molecular weight is 311 g/mol. The Labute approximate surface area is 129 Å². The van der Waals surface area contributed by atoms with Crippen LogP contribution in [-0.4, -0.2) is 11.2 Å². The van der Waals surface area contributed by atoms with Gasteiger partial charge in [-0.25, -0.2) is 17.9 Å². The molecule has 0 saturated heterocycles. The third kappa shape index (κ3) is 2.64. The van der Waals surface area contributed by atoms with Crippen molar-refractivity contribution < 1.29 is 17.7 Å². The average Bonchev–Trinajstić information content (AvgIpc) is 2.86. The monoisotopic (exact) mass is 311 g/mol. The largest absolute Gasteiger partial charge is 0.291 e. The fourth-order valence-corrected chi connectivity index (χ4v) is 2.73. The van der Waals surface area contributed by atoms with Crippen LogP contribution >= 0.6 is 0 Å². The van der Waals surface area contributed by atoms with Crippen molar-refractivity contribution in [1.29, 1.82) is 0 Å². The van der Waals surface area contributed by atoms with Crippen LogP contribution in [0.2, 0.25) is 0 Å². The molecular weight excluding hydrogens is 289 g/mol. The van der Waals surface area contributed by atoms with Crippen molar-refractivity contribution in [2.75, 3.05) is 6.67 Å². The lowest BCUT2D eigenvalue weighted by atomic mass is 9.78. The molecule has 0 radical (unpaired) electrons. The van der Waals surface area contributed by atoms with Crippen LogP contribution in [0.4, 0.5) is 13.2 Å². The van der Waals surface area contributed by atoms with E-state index in [1.54, 1.807) is 18.5 Å². The third-order valence-corrected chi connectivity index (χ3v) is 4.42. The van der Waals surface area contributed by atoms with Gasteiger partial charge in [-0.15, -0.1) is 0 Å². The van der Waals surface area contributed by atoms with Crippen LogP contribution in [0.1, 0.15) is 32.8 Å². The fraction of sp³-hybridized carbons (Fsp3) is 0.471. The molecule has 0 N–H and O–H groups in total. The van der Waals surface area contributed by atoms with E-state index < -0.39 is 23.7 Å². The van der Waals surface area contributed by atoms with Gasteiger partial charge in [0.05, 0.1) is 20.3 Å². The van der Waals surface area contributed by atoms with Crippen molar-refractivity contribution in [3.05, 3.63) is 41.7 Å². The van der Waals surface area contributed by atoms with Gasteiger partial charge < -0.3 is 0 Å². The first-order valence-electron chi connectivity index (χ1n) is 7.48. The zero-order chi connectivity index (χ0) is 16.5. The molecular formula is C17H22F3N2+. The Morgan fingerprint density at radius 2 is 1.91 bits per heavy atom. The van der Waals surface area contributed by atoms with E-state index in [4.69, 9.17) is 0 Å². The normalized spacial score (nSPS) is 14.1. The lowest BCUT2D eigenvalue weighted by Crippen LogP contribution is -2.32. The van der Waals surface area contributed by atoms with Crippen LogP contribution in [0.5, 0.6) is 0 Å². The Bertz CT molecular complexity index is 673. The highest BCUT2D eigenvalue weighted by Crippen LogP contribution is 2.37. The quantitative estimate of drug-likeness (QED) is 0.740. The topological polar surface area (TPSA) is 8.81 Å². The van der Waals surface area contributed by atoms with Gasteiger partial charge in [0.1, 0.15) is 29.6 Å². The standard InChI is InChI=1S/C17H22F3N2/c1-5-17(3,11-18)13-9-12(19)10-14(20)15(13)16-21(4)7-8-22(16)6-2/h7-10H,5-6,11H2,1-4H3/q+1. The van der Waals surface area contributed by atoms with Crippen molar-refractivity contribution in [2.45, 2.75) is 39.2 Å². The lowest BCUT2D eigenvalue weighted by Gasteiger charge is -2.27. The molecule has 1 atom stereocenters. The predicted molar refractivity (Wildman–Crippen MR) is 80.3 cm³/mol. The molecule has 22 heavy (non-hydrogen) atoms. The Morgan fingerprint density at radius 1 is 1.23 bits per heavy atom. The summed E-state index contributed by atoms with van der Waals surface area (Å²) in [6, 6.07) is 2.12. The summed E-state index contributed by atoms with van der Waals surface area (Å²) < 4.78 is 45.6. The molecule has 5 heteroatoms. The minimum Gasteiger partial charge on any atom is -0.250 e. The van der Waals surface area contributed by atoms with E-state index in [-0.39, 0.29) is 5.56 Å². The zero-order valence-corrected chi connectivity index (χ0v) is 13.5. The van der Waals surface area contributed by atoms with Gasteiger partial charge in [-0.05, 0) is 25.0 Å². The second-order valence-electron chi connectivity index (χ2n) is 5.88. The van der Waals surface area contributed by atoms with Crippen LogP contribution in [0.25, 0.3) is 11.4 Å². The zero-order valence-electron chi connectivity index (χ0n) is 13.5. The van der Waals surface area contributed by atoms with Crippen LogP contribution in [0.3, 0.4) is 0 Å². The molecule has 0 spiro atoms. The summed E-state index contributed by atoms with van der Waals surface area (Å²) >= 11 is 0. The molecule has 2 rings (SSSR count). The molecule has 0 saturated carbocycles. The molecule has 0 aliphatic rings. The number of alkyl halides is 1. The van der Waals surface area contributed by atoms with Crippen molar-refractivity contribution in [1.82, 2.24) is 4.57 Å². The van der Waals surface area contributed by atoms with Gasteiger partial charge in [0.2, 0.25) is 0 Å². The summed E-state index contributed by atoms with van der Waals surface area (Å²) in [7, 11) is 1.80. The van der Waals surface area contributed by atoms with E-state index in [0.29, 0.717) is 24.4 Å².